The number of nitrogens with zero attached hydrogens (tertiary/aromatic N) is 1. The van der Waals surface area contributed by atoms with E-state index < -0.39 is 0 Å². The second kappa shape index (κ2) is 6.20. The van der Waals surface area contributed by atoms with Crippen molar-refractivity contribution in [2.75, 3.05) is 33.4 Å². The van der Waals surface area contributed by atoms with E-state index in [0.717, 1.165) is 39.1 Å². The Morgan fingerprint density at radius 1 is 1.30 bits per heavy atom. The standard InChI is InChI=1S/C16H22FNO2/c1-19-16-9-18(15-10-20-11-15)7-6-13(16)8-12-2-4-14(17)5-3-12/h2-5,13,15-16H,6-11H2,1H3/t13-,16+/m1/s1. The van der Waals surface area contributed by atoms with E-state index in [1.807, 2.05) is 12.1 Å². The third-order valence-electron chi connectivity index (χ3n) is 4.58. The van der Waals surface area contributed by atoms with Crippen LogP contribution in [0, 0.1) is 11.7 Å². The SMILES string of the molecule is CO[C@H]1CN(C2COC2)CC[C@@H]1Cc1ccc(F)cc1. The number of benzene rings is 1. The second-order valence-electron chi connectivity index (χ2n) is 5.84. The van der Waals surface area contributed by atoms with Gasteiger partial charge in [0, 0.05) is 13.7 Å². The minimum Gasteiger partial charge on any atom is -0.380 e. The van der Waals surface area contributed by atoms with Gasteiger partial charge in [0.1, 0.15) is 5.82 Å². The molecule has 0 N–H and O–H groups in total. The first kappa shape index (κ1) is 14.0. The molecule has 0 aromatic heterocycles. The number of rotatable bonds is 4. The van der Waals surface area contributed by atoms with Crippen LogP contribution in [0.3, 0.4) is 0 Å². The molecule has 3 rings (SSSR count). The number of methoxy groups -OCH3 is 1. The highest BCUT2D eigenvalue weighted by Crippen LogP contribution is 2.27. The van der Waals surface area contributed by atoms with E-state index in [0.29, 0.717) is 12.0 Å². The summed E-state index contributed by atoms with van der Waals surface area (Å²) in [5.74, 6) is 0.347. The Hall–Kier alpha value is -0.970. The van der Waals surface area contributed by atoms with Crippen LogP contribution in [0.15, 0.2) is 24.3 Å². The maximum atomic E-state index is 13.0. The monoisotopic (exact) mass is 279 g/mol. The molecule has 4 heteroatoms. The lowest BCUT2D eigenvalue weighted by Gasteiger charge is -2.44. The minimum absolute atomic E-state index is 0.170. The summed E-state index contributed by atoms with van der Waals surface area (Å²) in [6.45, 7) is 3.81. The average Bonchev–Trinajstić information content (AvgIpc) is 2.41. The maximum Gasteiger partial charge on any atom is 0.123 e. The number of piperidine rings is 1. The fraction of sp³-hybridized carbons (Fsp3) is 0.625. The van der Waals surface area contributed by atoms with Crippen LogP contribution in [-0.2, 0) is 15.9 Å². The Balaban J connectivity index is 1.60. The van der Waals surface area contributed by atoms with Crippen molar-refractivity contribution in [3.8, 4) is 0 Å². The maximum absolute atomic E-state index is 13.0. The van der Waals surface area contributed by atoms with E-state index in [4.69, 9.17) is 9.47 Å². The highest BCUT2D eigenvalue weighted by Gasteiger charge is 2.35. The van der Waals surface area contributed by atoms with Gasteiger partial charge in [-0.25, -0.2) is 4.39 Å². The van der Waals surface area contributed by atoms with Crippen LogP contribution in [0.5, 0.6) is 0 Å². The smallest absolute Gasteiger partial charge is 0.123 e. The molecule has 0 saturated carbocycles. The first-order valence-corrected chi connectivity index (χ1v) is 7.35. The van der Waals surface area contributed by atoms with Gasteiger partial charge in [-0.15, -0.1) is 0 Å². The van der Waals surface area contributed by atoms with Crippen LogP contribution in [0.4, 0.5) is 4.39 Å². The fourth-order valence-corrected chi connectivity index (χ4v) is 3.18. The lowest BCUT2D eigenvalue weighted by atomic mass is 9.87. The number of hydrogen-bond acceptors (Lipinski definition) is 3. The molecule has 0 aliphatic carbocycles. The van der Waals surface area contributed by atoms with Crippen molar-refractivity contribution in [1.82, 2.24) is 4.90 Å². The Kier molecular flexibility index (Phi) is 4.34. The van der Waals surface area contributed by atoms with Gasteiger partial charge in [-0.2, -0.15) is 0 Å². The van der Waals surface area contributed by atoms with Crippen LogP contribution in [0.1, 0.15) is 12.0 Å². The topological polar surface area (TPSA) is 21.7 Å². The van der Waals surface area contributed by atoms with E-state index in [1.165, 1.54) is 17.7 Å². The van der Waals surface area contributed by atoms with Crippen molar-refractivity contribution in [2.45, 2.75) is 25.0 Å². The largest absolute Gasteiger partial charge is 0.380 e. The van der Waals surface area contributed by atoms with Gasteiger partial charge in [0.25, 0.3) is 0 Å². The molecule has 110 valence electrons. The number of halogens is 1. The Bertz CT molecular complexity index is 433. The predicted octanol–water partition coefficient (Wildman–Crippen LogP) is 2.10. The Labute approximate surface area is 119 Å². The summed E-state index contributed by atoms with van der Waals surface area (Å²) in [6, 6.07) is 7.43. The first-order valence-electron chi connectivity index (χ1n) is 7.35. The van der Waals surface area contributed by atoms with Gasteiger partial charge in [0.2, 0.25) is 0 Å². The summed E-state index contributed by atoms with van der Waals surface area (Å²) in [6.07, 6.45) is 2.36. The van der Waals surface area contributed by atoms with Crippen LogP contribution < -0.4 is 0 Å². The quantitative estimate of drug-likeness (QED) is 0.842. The summed E-state index contributed by atoms with van der Waals surface area (Å²) in [4.78, 5) is 2.48. The molecule has 3 nitrogen and oxygen atoms in total. The molecule has 0 unspecified atom stereocenters. The van der Waals surface area contributed by atoms with Gasteiger partial charge in [0.15, 0.2) is 0 Å². The second-order valence-corrected chi connectivity index (χ2v) is 5.84. The predicted molar refractivity (Wildman–Crippen MR) is 75.2 cm³/mol. The fourth-order valence-electron chi connectivity index (χ4n) is 3.18. The molecule has 1 aromatic carbocycles. The van der Waals surface area contributed by atoms with Gasteiger partial charge in [-0.1, -0.05) is 12.1 Å². The van der Waals surface area contributed by atoms with E-state index in [9.17, 15) is 4.39 Å². The molecular weight excluding hydrogens is 257 g/mol. The zero-order valence-electron chi connectivity index (χ0n) is 11.9. The Morgan fingerprint density at radius 2 is 2.05 bits per heavy atom. The van der Waals surface area contributed by atoms with E-state index in [1.54, 1.807) is 7.11 Å². The molecule has 2 aliphatic rings. The average molecular weight is 279 g/mol. The summed E-state index contributed by atoms with van der Waals surface area (Å²) >= 11 is 0. The number of likely N-dealkylation sites (tertiary alicyclic amines) is 1. The molecule has 2 heterocycles. The zero-order valence-corrected chi connectivity index (χ0v) is 11.9. The number of ether oxygens (including phenoxy) is 2. The Morgan fingerprint density at radius 3 is 2.65 bits per heavy atom. The molecule has 2 atom stereocenters. The zero-order chi connectivity index (χ0) is 13.9. The van der Waals surface area contributed by atoms with Crippen LogP contribution in [0.25, 0.3) is 0 Å². The van der Waals surface area contributed by atoms with Crippen molar-refractivity contribution in [1.29, 1.82) is 0 Å². The van der Waals surface area contributed by atoms with Crippen LogP contribution in [-0.4, -0.2) is 50.5 Å². The van der Waals surface area contributed by atoms with Crippen molar-refractivity contribution in [2.24, 2.45) is 5.92 Å². The number of hydrogen-bond donors (Lipinski definition) is 0. The third kappa shape index (κ3) is 3.03. The molecule has 0 radical (unpaired) electrons. The van der Waals surface area contributed by atoms with E-state index in [2.05, 4.69) is 4.90 Å². The highest BCUT2D eigenvalue weighted by atomic mass is 19.1. The van der Waals surface area contributed by atoms with Crippen molar-refractivity contribution >= 4 is 0 Å². The lowest BCUT2D eigenvalue weighted by molar-refractivity contribution is -0.102. The third-order valence-corrected chi connectivity index (χ3v) is 4.58. The molecule has 0 bridgehead atoms. The summed E-state index contributed by atoms with van der Waals surface area (Å²) < 4.78 is 23.9. The molecule has 2 saturated heterocycles. The van der Waals surface area contributed by atoms with Gasteiger partial charge in [0.05, 0.1) is 25.4 Å². The van der Waals surface area contributed by atoms with Crippen molar-refractivity contribution in [3.63, 3.8) is 0 Å². The highest BCUT2D eigenvalue weighted by molar-refractivity contribution is 5.17. The summed E-state index contributed by atoms with van der Waals surface area (Å²) in [7, 11) is 1.79. The van der Waals surface area contributed by atoms with Crippen molar-refractivity contribution < 1.29 is 13.9 Å². The normalized spacial score (nSPS) is 28.3. The van der Waals surface area contributed by atoms with Crippen LogP contribution >= 0.6 is 0 Å². The van der Waals surface area contributed by atoms with Crippen molar-refractivity contribution in [3.05, 3.63) is 35.6 Å². The molecule has 0 spiro atoms. The molecular formula is C16H22FNO2. The van der Waals surface area contributed by atoms with Gasteiger partial charge in [-0.3, -0.25) is 4.90 Å². The molecule has 2 fully saturated rings. The molecule has 1 aromatic rings. The summed E-state index contributed by atoms with van der Waals surface area (Å²) in [5.41, 5.74) is 1.19. The van der Waals surface area contributed by atoms with E-state index >= 15 is 0 Å². The molecule has 0 amide bonds. The van der Waals surface area contributed by atoms with Crippen LogP contribution in [0.2, 0.25) is 0 Å². The van der Waals surface area contributed by atoms with Gasteiger partial charge in [-0.05, 0) is 43.0 Å². The van der Waals surface area contributed by atoms with E-state index in [-0.39, 0.29) is 11.9 Å². The molecule has 2 aliphatic heterocycles. The lowest BCUT2D eigenvalue weighted by Crippen LogP contribution is -2.56. The van der Waals surface area contributed by atoms with Gasteiger partial charge >= 0.3 is 0 Å². The van der Waals surface area contributed by atoms with Gasteiger partial charge < -0.3 is 9.47 Å². The first-order chi connectivity index (χ1) is 9.76. The molecule has 20 heavy (non-hydrogen) atoms. The summed E-state index contributed by atoms with van der Waals surface area (Å²) in [5, 5.41) is 0. The minimum atomic E-state index is -0.170.